The number of aromatic nitrogens is 2. The molecule has 0 amide bonds. The number of carbonyl (C=O) groups is 1. The van der Waals surface area contributed by atoms with Crippen molar-refractivity contribution in [1.29, 1.82) is 0 Å². The Kier molecular flexibility index (Phi) is 4.37. The molecule has 0 fully saturated rings. The maximum atomic E-state index is 13.6. The van der Waals surface area contributed by atoms with Crippen LogP contribution in [0.15, 0.2) is 23.4 Å². The summed E-state index contributed by atoms with van der Waals surface area (Å²) in [6, 6.07) is 1.17. The van der Waals surface area contributed by atoms with E-state index in [0.29, 0.717) is 18.0 Å². The fourth-order valence-corrected chi connectivity index (χ4v) is 2.76. The van der Waals surface area contributed by atoms with Gasteiger partial charge in [0.25, 0.3) is 10.0 Å². The molecule has 10 heteroatoms. The molecule has 1 heterocycles. The maximum Gasteiger partial charge on any atom is 0.341 e. The number of nitrogens with one attached hydrogen (secondary N) is 2. The summed E-state index contributed by atoms with van der Waals surface area (Å²) in [6.07, 6.45) is 1.08. The van der Waals surface area contributed by atoms with E-state index in [1.54, 1.807) is 13.8 Å². The summed E-state index contributed by atoms with van der Waals surface area (Å²) in [6.45, 7) is 3.61. The molecule has 2 rings (SSSR count). The molecular formula is C13H13F2N3O4S. The first-order valence-electron chi connectivity index (χ1n) is 6.42. The van der Waals surface area contributed by atoms with Crippen LogP contribution in [0.1, 0.15) is 35.9 Å². The van der Waals surface area contributed by atoms with Crippen molar-refractivity contribution in [2.75, 3.05) is 4.72 Å². The summed E-state index contributed by atoms with van der Waals surface area (Å²) in [5.74, 6) is -4.16. The Morgan fingerprint density at radius 2 is 1.87 bits per heavy atom. The van der Waals surface area contributed by atoms with Crippen molar-refractivity contribution in [3.8, 4) is 0 Å². The summed E-state index contributed by atoms with van der Waals surface area (Å²) in [4.78, 5) is 17.2. The van der Waals surface area contributed by atoms with E-state index in [1.165, 1.54) is 0 Å². The number of halogens is 2. The zero-order valence-electron chi connectivity index (χ0n) is 12.1. The van der Waals surface area contributed by atoms with Crippen molar-refractivity contribution in [2.45, 2.75) is 24.8 Å². The van der Waals surface area contributed by atoms with Gasteiger partial charge in [-0.1, -0.05) is 13.8 Å². The minimum absolute atomic E-state index is 0.0383. The second-order valence-electron chi connectivity index (χ2n) is 5.01. The Balaban J connectivity index is 2.35. The topological polar surface area (TPSA) is 112 Å². The molecular weight excluding hydrogens is 332 g/mol. The van der Waals surface area contributed by atoms with Gasteiger partial charge >= 0.3 is 5.97 Å². The van der Waals surface area contributed by atoms with Gasteiger partial charge < -0.3 is 10.1 Å². The Bertz CT molecular complexity index is 839. The molecule has 3 N–H and O–H groups in total. The Morgan fingerprint density at radius 1 is 1.30 bits per heavy atom. The van der Waals surface area contributed by atoms with Crippen LogP contribution in [0.3, 0.4) is 0 Å². The van der Waals surface area contributed by atoms with Crippen LogP contribution in [0, 0.1) is 11.6 Å². The molecule has 0 radical (unpaired) electrons. The van der Waals surface area contributed by atoms with Crippen LogP contribution in [-0.4, -0.2) is 29.5 Å². The molecule has 7 nitrogen and oxygen atoms in total. The van der Waals surface area contributed by atoms with E-state index in [9.17, 15) is 22.0 Å². The van der Waals surface area contributed by atoms with Crippen LogP contribution in [0.25, 0.3) is 0 Å². The second-order valence-corrected chi connectivity index (χ2v) is 6.66. The lowest BCUT2D eigenvalue weighted by Gasteiger charge is -2.08. The second kappa shape index (κ2) is 5.95. The third kappa shape index (κ3) is 3.47. The third-order valence-electron chi connectivity index (χ3n) is 2.92. The Hall–Kier alpha value is -2.49. The minimum Gasteiger partial charge on any atom is -0.477 e. The number of carboxylic acid groups (broad SMARTS) is 1. The number of carboxylic acids is 1. The third-order valence-corrected chi connectivity index (χ3v) is 4.21. The number of sulfonamides is 1. The van der Waals surface area contributed by atoms with Crippen LogP contribution in [0.4, 0.5) is 14.5 Å². The quantitative estimate of drug-likeness (QED) is 0.770. The minimum atomic E-state index is -4.14. The van der Waals surface area contributed by atoms with E-state index in [0.717, 1.165) is 6.20 Å². The van der Waals surface area contributed by atoms with E-state index in [4.69, 9.17) is 5.11 Å². The predicted octanol–water partition coefficient (Wildman–Crippen LogP) is 2.31. The highest BCUT2D eigenvalue weighted by Crippen LogP contribution is 2.22. The molecule has 0 unspecified atom stereocenters. The number of anilines is 1. The highest BCUT2D eigenvalue weighted by atomic mass is 32.2. The number of benzene rings is 1. The Labute approximate surface area is 130 Å². The zero-order valence-corrected chi connectivity index (χ0v) is 12.9. The number of rotatable bonds is 5. The summed E-state index contributed by atoms with van der Waals surface area (Å²) < 4.78 is 53.4. The van der Waals surface area contributed by atoms with E-state index >= 15 is 0 Å². The lowest BCUT2D eigenvalue weighted by Crippen LogP contribution is -2.15. The maximum absolute atomic E-state index is 13.6. The molecule has 0 aliphatic carbocycles. The van der Waals surface area contributed by atoms with Crippen molar-refractivity contribution < 1.29 is 27.1 Å². The van der Waals surface area contributed by atoms with Crippen molar-refractivity contribution in [3.05, 3.63) is 41.4 Å². The molecule has 23 heavy (non-hydrogen) atoms. The van der Waals surface area contributed by atoms with Crippen molar-refractivity contribution in [2.24, 2.45) is 0 Å². The van der Waals surface area contributed by atoms with Crippen molar-refractivity contribution >= 4 is 21.7 Å². The van der Waals surface area contributed by atoms with Gasteiger partial charge in [-0.2, -0.15) is 8.42 Å². The standard InChI is InChI=1S/C13H13F2N3O4S/c1-6(2)12-16-5-10(17-12)23(21,22)18-7-3-8(14)11(13(19)20)9(15)4-7/h3-6,18H,1-2H3,(H,16,17)(H,19,20). The Morgan fingerprint density at radius 3 is 2.30 bits per heavy atom. The number of hydrogen-bond donors (Lipinski definition) is 3. The monoisotopic (exact) mass is 345 g/mol. The van der Waals surface area contributed by atoms with Crippen molar-refractivity contribution in [1.82, 2.24) is 9.97 Å². The average Bonchev–Trinajstić information content (AvgIpc) is 2.86. The smallest absolute Gasteiger partial charge is 0.341 e. The first-order valence-corrected chi connectivity index (χ1v) is 7.90. The molecule has 1 aromatic carbocycles. The average molecular weight is 345 g/mol. The summed E-state index contributed by atoms with van der Waals surface area (Å²) in [7, 11) is -4.14. The molecule has 124 valence electrons. The molecule has 0 bridgehead atoms. The zero-order chi connectivity index (χ0) is 17.4. The van der Waals surface area contributed by atoms with Gasteiger partial charge in [-0.3, -0.25) is 4.72 Å². The molecule has 2 aromatic rings. The van der Waals surface area contributed by atoms with E-state index in [-0.39, 0.29) is 10.9 Å². The fourth-order valence-electron chi connectivity index (χ4n) is 1.80. The normalized spacial score (nSPS) is 11.7. The van der Waals surface area contributed by atoms with Gasteiger partial charge in [0, 0.05) is 5.92 Å². The van der Waals surface area contributed by atoms with Crippen LogP contribution >= 0.6 is 0 Å². The van der Waals surface area contributed by atoms with Gasteiger partial charge in [0.05, 0.1) is 11.9 Å². The van der Waals surface area contributed by atoms with Crippen LogP contribution in [-0.2, 0) is 10.0 Å². The van der Waals surface area contributed by atoms with Crippen molar-refractivity contribution in [3.63, 3.8) is 0 Å². The molecule has 0 aliphatic rings. The molecule has 1 aromatic heterocycles. The van der Waals surface area contributed by atoms with E-state index in [2.05, 4.69) is 9.97 Å². The highest BCUT2D eigenvalue weighted by Gasteiger charge is 2.22. The van der Waals surface area contributed by atoms with Crippen LogP contribution in [0.2, 0.25) is 0 Å². The lowest BCUT2D eigenvalue weighted by atomic mass is 10.2. The molecule has 0 spiro atoms. The largest absolute Gasteiger partial charge is 0.477 e. The summed E-state index contributed by atoms with van der Waals surface area (Å²) >= 11 is 0. The molecule has 0 aliphatic heterocycles. The summed E-state index contributed by atoms with van der Waals surface area (Å²) in [5, 5.41) is 8.40. The molecule has 0 saturated carbocycles. The van der Waals surface area contributed by atoms with E-state index in [1.807, 2.05) is 4.72 Å². The highest BCUT2D eigenvalue weighted by molar-refractivity contribution is 7.92. The SMILES string of the molecule is CC(C)c1ncc(S(=O)(=O)Nc2cc(F)c(C(=O)O)c(F)c2)[nH]1. The van der Waals surface area contributed by atoms with Gasteiger partial charge in [-0.25, -0.2) is 18.6 Å². The van der Waals surface area contributed by atoms with E-state index < -0.39 is 38.9 Å². The van der Waals surface area contributed by atoms with Gasteiger partial charge in [0.1, 0.15) is 23.0 Å². The first kappa shape index (κ1) is 16.9. The fraction of sp³-hybridized carbons (Fsp3) is 0.231. The molecule has 0 atom stereocenters. The summed E-state index contributed by atoms with van der Waals surface area (Å²) in [5.41, 5.74) is -1.60. The predicted molar refractivity (Wildman–Crippen MR) is 76.8 cm³/mol. The van der Waals surface area contributed by atoms with Gasteiger partial charge in [0.2, 0.25) is 0 Å². The van der Waals surface area contributed by atoms with Gasteiger partial charge in [-0.05, 0) is 12.1 Å². The lowest BCUT2D eigenvalue weighted by molar-refractivity contribution is 0.0686. The first-order chi connectivity index (χ1) is 10.6. The number of aromatic carboxylic acids is 1. The number of aromatic amines is 1. The number of H-pyrrole nitrogens is 1. The van der Waals surface area contributed by atoms with Gasteiger partial charge in [-0.15, -0.1) is 0 Å². The number of hydrogen-bond acceptors (Lipinski definition) is 4. The number of imidazole rings is 1. The number of nitrogens with zero attached hydrogens (tertiary/aromatic N) is 1. The van der Waals surface area contributed by atoms with Crippen LogP contribution in [0.5, 0.6) is 0 Å². The van der Waals surface area contributed by atoms with Gasteiger partial charge in [0.15, 0.2) is 5.03 Å². The van der Waals surface area contributed by atoms with Crippen LogP contribution < -0.4 is 4.72 Å². The molecule has 0 saturated heterocycles.